The van der Waals surface area contributed by atoms with E-state index in [1.807, 2.05) is 6.26 Å². The molecule has 0 unspecified atom stereocenters. The molecule has 1 aromatic rings. The number of hydrogen-bond acceptors (Lipinski definition) is 11. The van der Waals surface area contributed by atoms with Crippen LogP contribution in [-0.2, 0) is 14.3 Å². The van der Waals surface area contributed by atoms with Crippen LogP contribution in [0.2, 0.25) is 0 Å². The first-order valence-electron chi connectivity index (χ1n) is 8.20. The molecule has 0 aromatic carbocycles. The number of thioether (sulfide) groups is 1. The maximum absolute atomic E-state index is 12.0. The average molecular weight is 391 g/mol. The number of carbonyl (C=O) groups excluding carboxylic acids is 1. The summed E-state index contributed by atoms with van der Waals surface area (Å²) in [5.41, 5.74) is 6.35. The summed E-state index contributed by atoms with van der Waals surface area (Å²) >= 11 is 1.52. The summed E-state index contributed by atoms with van der Waals surface area (Å²) in [5.74, 6) is -0.200. The SMILES string of the molecule is [2H][C@@]1(n2ccc(NO)nc2=O)O[C@H](COC(=O)[C@H](N)CCSC)[C@@H](O)[C@H]1O. The summed E-state index contributed by atoms with van der Waals surface area (Å²) in [6.45, 7) is -0.455. The summed E-state index contributed by atoms with van der Waals surface area (Å²) in [6.07, 6.45) is -3.73. The van der Waals surface area contributed by atoms with Crippen molar-refractivity contribution in [1.29, 1.82) is 0 Å². The van der Waals surface area contributed by atoms with Gasteiger partial charge in [-0.1, -0.05) is 0 Å². The highest BCUT2D eigenvalue weighted by molar-refractivity contribution is 7.98. The Hall–Kier alpha value is -1.70. The van der Waals surface area contributed by atoms with Crippen molar-refractivity contribution in [3.05, 3.63) is 22.7 Å². The molecule has 1 saturated heterocycles. The molecule has 5 atom stereocenters. The zero-order chi connectivity index (χ0) is 20.2. The van der Waals surface area contributed by atoms with Crippen molar-refractivity contribution >= 4 is 23.5 Å². The molecule has 0 radical (unpaired) electrons. The Bertz CT molecular complexity index is 723. The number of hydrogen-bond donors (Lipinski definition) is 5. The lowest BCUT2D eigenvalue weighted by atomic mass is 10.1. The van der Waals surface area contributed by atoms with E-state index in [1.54, 1.807) is 5.48 Å². The maximum Gasteiger partial charge on any atom is 0.351 e. The van der Waals surface area contributed by atoms with E-state index in [-0.39, 0.29) is 5.82 Å². The fourth-order valence-electron chi connectivity index (χ4n) is 2.24. The van der Waals surface area contributed by atoms with Gasteiger partial charge in [-0.05, 0) is 24.5 Å². The van der Waals surface area contributed by atoms with E-state index in [9.17, 15) is 19.8 Å². The zero-order valence-electron chi connectivity index (χ0n) is 14.9. The standard InChI is InChI=1S/C14H22N4O7S/c1-26-5-3-7(15)13(21)24-6-8-10(19)11(20)12(25-8)18-4-2-9(17-23)16-14(18)22/h2,4,7-8,10-12,19-20,23H,3,5-6,15H2,1H3,(H,16,17,22)/t7-,8-,10-,11-,12-/m1/s1/i12D. The van der Waals surface area contributed by atoms with Crippen LogP contribution in [0.5, 0.6) is 0 Å². The first-order chi connectivity index (χ1) is 12.7. The molecule has 12 heteroatoms. The molecular formula is C14H22N4O7S. The second-order valence-corrected chi connectivity index (χ2v) is 6.51. The van der Waals surface area contributed by atoms with Crippen molar-refractivity contribution in [2.75, 3.05) is 24.1 Å². The molecule has 1 aliphatic heterocycles. The third-order valence-corrected chi connectivity index (χ3v) is 4.35. The first-order valence-corrected chi connectivity index (χ1v) is 9.09. The van der Waals surface area contributed by atoms with Crippen molar-refractivity contribution in [2.45, 2.75) is 37.0 Å². The molecule has 2 rings (SSSR count). The summed E-state index contributed by atoms with van der Waals surface area (Å²) in [4.78, 5) is 27.3. The van der Waals surface area contributed by atoms with Crippen LogP contribution in [0.3, 0.4) is 0 Å². The monoisotopic (exact) mass is 391 g/mol. The predicted molar refractivity (Wildman–Crippen MR) is 91.8 cm³/mol. The lowest BCUT2D eigenvalue weighted by molar-refractivity contribution is -0.151. The van der Waals surface area contributed by atoms with E-state index in [0.29, 0.717) is 16.7 Å². The predicted octanol–water partition coefficient (Wildman–Crippen LogP) is -1.71. The van der Waals surface area contributed by atoms with E-state index < -0.39 is 48.8 Å². The Morgan fingerprint density at radius 3 is 2.96 bits per heavy atom. The van der Waals surface area contributed by atoms with Gasteiger partial charge in [-0.15, -0.1) is 0 Å². The number of anilines is 1. The quantitative estimate of drug-likeness (QED) is 0.252. The minimum atomic E-state index is -2.39. The molecule has 146 valence electrons. The molecule has 11 nitrogen and oxygen atoms in total. The van der Waals surface area contributed by atoms with E-state index in [0.717, 1.165) is 12.3 Å². The van der Waals surface area contributed by atoms with Gasteiger partial charge in [0.1, 0.15) is 31.0 Å². The lowest BCUT2D eigenvalue weighted by Crippen LogP contribution is -2.38. The minimum absolute atomic E-state index is 0.169. The van der Waals surface area contributed by atoms with Crippen molar-refractivity contribution < 1.29 is 31.1 Å². The number of nitrogens with zero attached hydrogens (tertiary/aromatic N) is 2. The molecule has 1 aromatic heterocycles. The first kappa shape index (κ1) is 19.1. The second-order valence-electron chi connectivity index (χ2n) is 5.53. The van der Waals surface area contributed by atoms with Gasteiger partial charge in [-0.25, -0.2) is 4.79 Å². The van der Waals surface area contributed by atoms with Crippen LogP contribution in [0.15, 0.2) is 17.1 Å². The fourth-order valence-corrected chi connectivity index (χ4v) is 2.73. The summed E-state index contributed by atoms with van der Waals surface area (Å²) in [7, 11) is 0. The van der Waals surface area contributed by atoms with Crippen LogP contribution in [-0.4, -0.2) is 73.9 Å². The van der Waals surface area contributed by atoms with Gasteiger partial charge in [-0.2, -0.15) is 16.7 Å². The molecule has 6 N–H and O–H groups in total. The number of aliphatic hydroxyl groups excluding tert-OH is 2. The lowest BCUT2D eigenvalue weighted by Gasteiger charge is -2.17. The van der Waals surface area contributed by atoms with Crippen LogP contribution in [0.25, 0.3) is 0 Å². The number of ether oxygens (including phenoxy) is 2. The Morgan fingerprint density at radius 2 is 2.35 bits per heavy atom. The third kappa shape index (κ3) is 4.72. The Balaban J connectivity index is 2.08. The number of carbonyl (C=O) groups is 1. The molecule has 1 fully saturated rings. The average Bonchev–Trinajstić information content (AvgIpc) is 2.88. The van der Waals surface area contributed by atoms with Gasteiger partial charge in [0.2, 0.25) is 0 Å². The number of nitrogens with two attached hydrogens (primary N) is 1. The number of aromatic nitrogens is 2. The van der Waals surface area contributed by atoms with Gasteiger partial charge in [0.15, 0.2) is 12.0 Å². The molecule has 0 bridgehead atoms. The Kier molecular flexibility index (Phi) is 6.82. The third-order valence-electron chi connectivity index (χ3n) is 3.71. The van der Waals surface area contributed by atoms with Crippen LogP contribution >= 0.6 is 11.8 Å². The molecule has 2 heterocycles. The smallest absolute Gasteiger partial charge is 0.351 e. The van der Waals surface area contributed by atoms with E-state index in [1.165, 1.54) is 11.8 Å². The van der Waals surface area contributed by atoms with Gasteiger partial charge < -0.3 is 25.4 Å². The zero-order valence-corrected chi connectivity index (χ0v) is 14.8. The highest BCUT2D eigenvalue weighted by Gasteiger charge is 2.44. The van der Waals surface area contributed by atoms with Crippen molar-refractivity contribution in [2.24, 2.45) is 5.73 Å². The van der Waals surface area contributed by atoms with Crippen LogP contribution in [0, 0.1) is 0 Å². The second kappa shape index (κ2) is 9.30. The van der Waals surface area contributed by atoms with Gasteiger partial charge >= 0.3 is 11.7 Å². The minimum Gasteiger partial charge on any atom is -0.462 e. The maximum atomic E-state index is 12.0. The van der Waals surface area contributed by atoms with E-state index in [2.05, 4.69) is 4.98 Å². The summed E-state index contributed by atoms with van der Waals surface area (Å²) in [6, 6.07) is 0.324. The molecule has 0 aliphatic carbocycles. The van der Waals surface area contributed by atoms with Crippen molar-refractivity contribution in [3.8, 4) is 0 Å². The fraction of sp³-hybridized carbons (Fsp3) is 0.643. The van der Waals surface area contributed by atoms with Crippen LogP contribution in [0.4, 0.5) is 5.82 Å². The molecule has 0 amide bonds. The summed E-state index contributed by atoms with van der Waals surface area (Å²) in [5, 5.41) is 29.1. The highest BCUT2D eigenvalue weighted by atomic mass is 32.2. The largest absolute Gasteiger partial charge is 0.462 e. The molecule has 0 spiro atoms. The van der Waals surface area contributed by atoms with E-state index >= 15 is 0 Å². The normalized spacial score (nSPS) is 29.9. The number of nitrogens with one attached hydrogen (secondary N) is 1. The number of rotatable bonds is 8. The highest BCUT2D eigenvalue weighted by Crippen LogP contribution is 2.28. The van der Waals surface area contributed by atoms with Crippen molar-refractivity contribution in [1.82, 2.24) is 9.55 Å². The summed E-state index contributed by atoms with van der Waals surface area (Å²) < 4.78 is 19.2. The van der Waals surface area contributed by atoms with Gasteiger partial charge in [0.25, 0.3) is 0 Å². The Labute approximate surface area is 154 Å². The number of aliphatic hydroxyl groups is 2. The van der Waals surface area contributed by atoms with E-state index in [4.69, 9.17) is 21.8 Å². The van der Waals surface area contributed by atoms with Crippen LogP contribution < -0.4 is 16.9 Å². The number of esters is 1. The Morgan fingerprint density at radius 1 is 1.62 bits per heavy atom. The molecule has 1 aliphatic rings. The van der Waals surface area contributed by atoms with Gasteiger partial charge in [-0.3, -0.25) is 20.0 Å². The molecule has 0 saturated carbocycles. The molecular weight excluding hydrogens is 368 g/mol. The van der Waals surface area contributed by atoms with Gasteiger partial charge in [0.05, 0.1) is 1.37 Å². The molecule has 26 heavy (non-hydrogen) atoms. The van der Waals surface area contributed by atoms with Gasteiger partial charge in [0, 0.05) is 6.20 Å². The van der Waals surface area contributed by atoms with Crippen LogP contribution in [0.1, 0.15) is 14.0 Å². The topological polar surface area (TPSA) is 169 Å². The van der Waals surface area contributed by atoms with Crippen molar-refractivity contribution in [3.63, 3.8) is 0 Å².